The van der Waals surface area contributed by atoms with E-state index in [1.807, 2.05) is 0 Å². The molecular formula is C19H18FN3O3. The number of hydrogen-bond acceptors (Lipinski definition) is 4. The lowest BCUT2D eigenvalue weighted by Crippen LogP contribution is -2.46. The van der Waals surface area contributed by atoms with Gasteiger partial charge in [-0.15, -0.1) is 0 Å². The maximum absolute atomic E-state index is 14.0. The normalized spacial score (nSPS) is 19.3. The van der Waals surface area contributed by atoms with Gasteiger partial charge in [-0.25, -0.2) is 9.37 Å². The molecule has 26 heavy (non-hydrogen) atoms. The fraction of sp³-hybridized carbons (Fsp3) is 0.316. The van der Waals surface area contributed by atoms with Crippen molar-refractivity contribution in [1.29, 1.82) is 0 Å². The zero-order valence-electron chi connectivity index (χ0n) is 14.1. The SMILES string of the molecule is O=C(CN1C(=O)COc2cccnc21)N1CC[C@@H](c2ccccc2F)C1. The molecule has 0 unspecified atom stereocenters. The topological polar surface area (TPSA) is 62.7 Å². The third-order valence-electron chi connectivity index (χ3n) is 4.84. The van der Waals surface area contributed by atoms with E-state index in [2.05, 4.69) is 4.98 Å². The Morgan fingerprint density at radius 3 is 2.96 bits per heavy atom. The minimum atomic E-state index is -0.297. The van der Waals surface area contributed by atoms with E-state index in [9.17, 15) is 14.0 Å². The van der Waals surface area contributed by atoms with Gasteiger partial charge >= 0.3 is 0 Å². The number of benzene rings is 1. The Morgan fingerprint density at radius 2 is 2.12 bits per heavy atom. The fourth-order valence-corrected chi connectivity index (χ4v) is 3.48. The monoisotopic (exact) mass is 355 g/mol. The van der Waals surface area contributed by atoms with E-state index in [0.29, 0.717) is 36.6 Å². The number of nitrogens with zero attached hydrogens (tertiary/aromatic N) is 3. The number of carbonyl (C=O) groups is 2. The molecule has 2 aromatic rings. The summed E-state index contributed by atoms with van der Waals surface area (Å²) in [7, 11) is 0. The molecule has 0 aliphatic carbocycles. The molecule has 2 amide bonds. The van der Waals surface area contributed by atoms with Gasteiger partial charge in [0.2, 0.25) is 5.91 Å². The van der Waals surface area contributed by atoms with Crippen molar-refractivity contribution < 1.29 is 18.7 Å². The molecule has 1 aromatic carbocycles. The Morgan fingerprint density at radius 1 is 1.27 bits per heavy atom. The van der Waals surface area contributed by atoms with Crippen LogP contribution in [0.2, 0.25) is 0 Å². The largest absolute Gasteiger partial charge is 0.480 e. The predicted octanol–water partition coefficient (Wildman–Crippen LogP) is 1.96. The van der Waals surface area contributed by atoms with Crippen molar-refractivity contribution in [3.63, 3.8) is 0 Å². The fourth-order valence-electron chi connectivity index (χ4n) is 3.48. The summed E-state index contributed by atoms with van der Waals surface area (Å²) in [4.78, 5) is 32.1. The van der Waals surface area contributed by atoms with Crippen LogP contribution in [0.1, 0.15) is 17.9 Å². The van der Waals surface area contributed by atoms with Gasteiger partial charge in [0, 0.05) is 25.2 Å². The molecule has 0 radical (unpaired) electrons. The molecule has 7 heteroatoms. The Balaban J connectivity index is 1.46. The number of ether oxygens (including phenoxy) is 1. The van der Waals surface area contributed by atoms with Gasteiger partial charge in [-0.05, 0) is 30.2 Å². The summed E-state index contributed by atoms with van der Waals surface area (Å²) in [5.74, 6) is 0.122. The Bertz CT molecular complexity index is 857. The van der Waals surface area contributed by atoms with E-state index in [0.717, 1.165) is 0 Å². The van der Waals surface area contributed by atoms with Crippen molar-refractivity contribution in [2.75, 3.05) is 31.1 Å². The third-order valence-corrected chi connectivity index (χ3v) is 4.84. The van der Waals surface area contributed by atoms with Crippen LogP contribution in [0.5, 0.6) is 5.75 Å². The van der Waals surface area contributed by atoms with Crippen LogP contribution in [0.25, 0.3) is 0 Å². The number of likely N-dealkylation sites (tertiary alicyclic amines) is 1. The maximum Gasteiger partial charge on any atom is 0.266 e. The van der Waals surface area contributed by atoms with Gasteiger partial charge in [-0.2, -0.15) is 0 Å². The lowest BCUT2D eigenvalue weighted by atomic mass is 9.98. The minimum Gasteiger partial charge on any atom is -0.480 e. The molecule has 2 aliphatic heterocycles. The van der Waals surface area contributed by atoms with Crippen molar-refractivity contribution in [3.05, 3.63) is 54.0 Å². The first-order valence-corrected chi connectivity index (χ1v) is 8.54. The van der Waals surface area contributed by atoms with Gasteiger partial charge in [0.1, 0.15) is 12.4 Å². The average molecular weight is 355 g/mol. The van der Waals surface area contributed by atoms with Crippen LogP contribution in [0.15, 0.2) is 42.6 Å². The van der Waals surface area contributed by atoms with E-state index in [1.165, 1.54) is 11.0 Å². The molecule has 0 saturated carbocycles. The van der Waals surface area contributed by atoms with E-state index < -0.39 is 0 Å². The summed E-state index contributed by atoms with van der Waals surface area (Å²) in [6.45, 7) is 0.804. The second kappa shape index (κ2) is 6.74. The molecular weight excluding hydrogens is 337 g/mol. The standard InChI is InChI=1S/C19H18FN3O3/c20-15-5-2-1-4-14(15)13-7-9-22(10-13)17(24)11-23-18(25)12-26-16-6-3-8-21-19(16)23/h1-6,8,13H,7,9-12H2/t13-/m1/s1. The molecule has 2 aliphatic rings. The second-order valence-corrected chi connectivity index (χ2v) is 6.44. The van der Waals surface area contributed by atoms with Crippen molar-refractivity contribution in [2.45, 2.75) is 12.3 Å². The number of aromatic nitrogens is 1. The first-order chi connectivity index (χ1) is 12.6. The molecule has 4 rings (SSSR count). The summed E-state index contributed by atoms with van der Waals surface area (Å²) in [5.41, 5.74) is 0.636. The highest BCUT2D eigenvalue weighted by molar-refractivity contribution is 6.01. The number of amides is 2. The number of rotatable bonds is 3. The molecule has 0 bridgehead atoms. The highest BCUT2D eigenvalue weighted by Gasteiger charge is 2.33. The number of anilines is 1. The first kappa shape index (κ1) is 16.5. The van der Waals surface area contributed by atoms with Crippen LogP contribution in [-0.4, -0.2) is 47.9 Å². The summed E-state index contributed by atoms with van der Waals surface area (Å²) in [5, 5.41) is 0. The zero-order valence-corrected chi connectivity index (χ0v) is 14.1. The molecule has 1 aromatic heterocycles. The van der Waals surface area contributed by atoms with E-state index >= 15 is 0 Å². The quantitative estimate of drug-likeness (QED) is 0.844. The van der Waals surface area contributed by atoms with Crippen molar-refractivity contribution >= 4 is 17.6 Å². The summed E-state index contributed by atoms with van der Waals surface area (Å²) in [6, 6.07) is 10.1. The second-order valence-electron chi connectivity index (χ2n) is 6.44. The molecule has 1 atom stereocenters. The minimum absolute atomic E-state index is 0.0223. The van der Waals surface area contributed by atoms with E-state index in [4.69, 9.17) is 4.74 Å². The van der Waals surface area contributed by atoms with Crippen LogP contribution in [0.4, 0.5) is 10.2 Å². The lowest BCUT2D eigenvalue weighted by Gasteiger charge is -2.29. The molecule has 1 fully saturated rings. The lowest BCUT2D eigenvalue weighted by molar-refractivity contribution is -0.131. The third kappa shape index (κ3) is 3.00. The van der Waals surface area contributed by atoms with Gasteiger partial charge in [-0.1, -0.05) is 18.2 Å². The number of halogens is 1. The van der Waals surface area contributed by atoms with Crippen LogP contribution in [0, 0.1) is 5.82 Å². The van der Waals surface area contributed by atoms with Crippen LogP contribution in [0.3, 0.4) is 0 Å². The van der Waals surface area contributed by atoms with Crippen molar-refractivity contribution in [2.24, 2.45) is 0 Å². The van der Waals surface area contributed by atoms with Crippen molar-refractivity contribution in [3.8, 4) is 5.75 Å². The molecule has 134 valence electrons. The predicted molar refractivity (Wildman–Crippen MR) is 92.4 cm³/mol. The first-order valence-electron chi connectivity index (χ1n) is 8.54. The maximum atomic E-state index is 14.0. The summed E-state index contributed by atoms with van der Waals surface area (Å²) >= 11 is 0. The molecule has 0 N–H and O–H groups in total. The van der Waals surface area contributed by atoms with E-state index in [1.54, 1.807) is 41.4 Å². The van der Waals surface area contributed by atoms with Crippen LogP contribution in [-0.2, 0) is 9.59 Å². The highest BCUT2D eigenvalue weighted by atomic mass is 19.1. The van der Waals surface area contributed by atoms with Gasteiger partial charge in [-0.3, -0.25) is 14.5 Å². The van der Waals surface area contributed by atoms with Gasteiger partial charge in [0.15, 0.2) is 18.2 Å². The number of pyridine rings is 1. The zero-order chi connectivity index (χ0) is 18.1. The Labute approximate surface area is 150 Å². The number of fused-ring (bicyclic) bond motifs is 1. The van der Waals surface area contributed by atoms with Crippen molar-refractivity contribution in [1.82, 2.24) is 9.88 Å². The Hall–Kier alpha value is -2.96. The van der Waals surface area contributed by atoms with Gasteiger partial charge < -0.3 is 9.64 Å². The highest BCUT2D eigenvalue weighted by Crippen LogP contribution is 2.31. The summed E-state index contributed by atoms with van der Waals surface area (Å²) in [6.07, 6.45) is 2.26. The molecule has 3 heterocycles. The van der Waals surface area contributed by atoms with Crippen LogP contribution < -0.4 is 9.64 Å². The van der Waals surface area contributed by atoms with Gasteiger partial charge in [0.25, 0.3) is 5.91 Å². The van der Waals surface area contributed by atoms with Crippen LogP contribution >= 0.6 is 0 Å². The Kier molecular flexibility index (Phi) is 4.28. The summed E-state index contributed by atoms with van der Waals surface area (Å²) < 4.78 is 19.3. The number of carbonyl (C=O) groups excluding carboxylic acids is 2. The molecule has 6 nitrogen and oxygen atoms in total. The smallest absolute Gasteiger partial charge is 0.266 e. The molecule has 1 saturated heterocycles. The molecule has 0 spiro atoms. The van der Waals surface area contributed by atoms with E-state index in [-0.39, 0.29) is 36.7 Å². The average Bonchev–Trinajstić information content (AvgIpc) is 3.14. The van der Waals surface area contributed by atoms with Gasteiger partial charge in [0.05, 0.1) is 0 Å². The number of hydrogen-bond donors (Lipinski definition) is 0.